The van der Waals surface area contributed by atoms with Crippen molar-refractivity contribution in [2.45, 2.75) is 25.9 Å². The maximum atomic E-state index is 13.2. The Morgan fingerprint density at radius 1 is 0.457 bits per heavy atom. The Kier molecular flexibility index (Phi) is 9.94. The van der Waals surface area contributed by atoms with Crippen molar-refractivity contribution in [3.8, 4) is 0 Å². The summed E-state index contributed by atoms with van der Waals surface area (Å²) in [5.41, 5.74) is 3.00. The third-order valence-corrected chi connectivity index (χ3v) is 7.35. The Hall–Kier alpha value is -6.09. The topological polar surface area (TPSA) is 129 Å². The third-order valence-electron chi connectivity index (χ3n) is 7.35. The maximum absolute atomic E-state index is 13.2. The van der Waals surface area contributed by atoms with Gasteiger partial charge in [0.2, 0.25) is 0 Å². The largest absolute Gasteiger partial charge is 0.345 e. The van der Waals surface area contributed by atoms with Gasteiger partial charge in [0.25, 0.3) is 23.6 Å². The number of hydrogen-bond acceptors (Lipinski definition) is 5. The van der Waals surface area contributed by atoms with E-state index in [0.717, 1.165) is 11.1 Å². The number of nitrogens with zero attached hydrogens (tertiary/aromatic N) is 1. The fourth-order valence-corrected chi connectivity index (χ4v) is 4.84. The molecule has 230 valence electrons. The summed E-state index contributed by atoms with van der Waals surface area (Å²) in [6, 6.07) is 36.4. The van der Waals surface area contributed by atoms with Crippen LogP contribution in [0.2, 0.25) is 0 Å². The molecule has 0 unspecified atom stereocenters. The molecule has 0 radical (unpaired) electrons. The van der Waals surface area contributed by atoms with Gasteiger partial charge in [-0.2, -0.15) is 0 Å². The molecule has 1 aromatic heterocycles. The molecule has 0 bridgehead atoms. The van der Waals surface area contributed by atoms with Crippen molar-refractivity contribution in [2.24, 2.45) is 0 Å². The first-order valence-electron chi connectivity index (χ1n) is 14.8. The second-order valence-electron chi connectivity index (χ2n) is 10.6. The molecular weight excluding hydrogens is 578 g/mol. The highest BCUT2D eigenvalue weighted by atomic mass is 16.2. The number of pyridine rings is 1. The van der Waals surface area contributed by atoms with E-state index in [2.05, 4.69) is 26.3 Å². The molecule has 2 atom stereocenters. The minimum absolute atomic E-state index is 0.0248. The summed E-state index contributed by atoms with van der Waals surface area (Å²) in [6.07, 6.45) is 0. The van der Waals surface area contributed by atoms with E-state index < -0.39 is 11.8 Å². The Morgan fingerprint density at radius 3 is 1.24 bits per heavy atom. The van der Waals surface area contributed by atoms with Gasteiger partial charge in [-0.05, 0) is 61.4 Å². The Balaban J connectivity index is 1.27. The van der Waals surface area contributed by atoms with Crippen molar-refractivity contribution < 1.29 is 19.2 Å². The minimum atomic E-state index is -0.597. The quantitative estimate of drug-likeness (QED) is 0.142. The van der Waals surface area contributed by atoms with E-state index in [0.29, 0.717) is 11.4 Å². The molecule has 0 spiro atoms. The van der Waals surface area contributed by atoms with Crippen molar-refractivity contribution in [1.29, 1.82) is 0 Å². The highest BCUT2D eigenvalue weighted by Gasteiger charge is 2.20. The summed E-state index contributed by atoms with van der Waals surface area (Å²) in [6.45, 7) is 3.76. The van der Waals surface area contributed by atoms with E-state index in [1.165, 1.54) is 18.2 Å². The lowest BCUT2D eigenvalue weighted by Crippen LogP contribution is -2.28. The molecule has 0 saturated carbocycles. The van der Waals surface area contributed by atoms with Crippen LogP contribution in [-0.2, 0) is 0 Å². The minimum Gasteiger partial charge on any atom is -0.345 e. The summed E-state index contributed by atoms with van der Waals surface area (Å²) < 4.78 is 0. The summed E-state index contributed by atoms with van der Waals surface area (Å²) in [7, 11) is 0. The molecule has 4 amide bonds. The average Bonchev–Trinajstić information content (AvgIpc) is 3.09. The monoisotopic (exact) mass is 611 g/mol. The van der Waals surface area contributed by atoms with E-state index in [1.807, 2.05) is 74.5 Å². The van der Waals surface area contributed by atoms with Crippen LogP contribution in [0.5, 0.6) is 0 Å². The van der Waals surface area contributed by atoms with Crippen LogP contribution in [0.4, 0.5) is 11.4 Å². The van der Waals surface area contributed by atoms with Gasteiger partial charge in [-0.25, -0.2) is 4.98 Å². The summed E-state index contributed by atoms with van der Waals surface area (Å²) in [4.78, 5) is 57.0. The third kappa shape index (κ3) is 7.70. The van der Waals surface area contributed by atoms with E-state index in [9.17, 15) is 19.2 Å². The van der Waals surface area contributed by atoms with Crippen molar-refractivity contribution in [3.63, 3.8) is 0 Å². The van der Waals surface area contributed by atoms with Crippen molar-refractivity contribution >= 4 is 35.0 Å². The SMILES string of the molecule is C[C@H](NC(=O)c1ccccc1NC(=O)c1cccc(C(=O)Nc2ccccc2C(=O)N[C@@H](C)c2ccccc2)n1)c1ccccc1. The van der Waals surface area contributed by atoms with Crippen LogP contribution in [0, 0.1) is 0 Å². The molecule has 46 heavy (non-hydrogen) atoms. The van der Waals surface area contributed by atoms with Gasteiger partial charge >= 0.3 is 0 Å². The van der Waals surface area contributed by atoms with E-state index in [4.69, 9.17) is 0 Å². The number of benzene rings is 4. The molecule has 0 aliphatic carbocycles. The number of amides is 4. The van der Waals surface area contributed by atoms with E-state index >= 15 is 0 Å². The fourth-order valence-electron chi connectivity index (χ4n) is 4.84. The average molecular weight is 612 g/mol. The van der Waals surface area contributed by atoms with Gasteiger partial charge in [0.15, 0.2) is 0 Å². The standard InChI is InChI=1S/C37H33N5O4/c1-24(26-14-5-3-6-15-26)38-34(43)28-18-9-11-20-30(28)41-36(45)32-22-13-23-33(40-32)37(46)42-31-21-12-10-19-29(31)35(44)39-25(2)27-16-7-4-8-17-27/h3-25H,1-2H3,(H,38,43)(H,39,44)(H,41,45)(H,42,46)/t24-,25-/m0/s1. The van der Waals surface area contributed by atoms with Crippen LogP contribution < -0.4 is 21.3 Å². The zero-order valence-electron chi connectivity index (χ0n) is 25.4. The lowest BCUT2D eigenvalue weighted by atomic mass is 10.1. The number of para-hydroxylation sites is 2. The van der Waals surface area contributed by atoms with Crippen LogP contribution >= 0.6 is 0 Å². The second-order valence-corrected chi connectivity index (χ2v) is 10.6. The summed E-state index contributed by atoms with van der Waals surface area (Å²) in [5.74, 6) is -1.90. The van der Waals surface area contributed by atoms with Gasteiger partial charge in [-0.1, -0.05) is 91.0 Å². The van der Waals surface area contributed by atoms with E-state index in [-0.39, 0.29) is 46.4 Å². The molecule has 5 aromatic rings. The van der Waals surface area contributed by atoms with Gasteiger partial charge in [0.1, 0.15) is 11.4 Å². The molecular formula is C37H33N5O4. The van der Waals surface area contributed by atoms with Crippen LogP contribution in [-0.4, -0.2) is 28.6 Å². The Morgan fingerprint density at radius 2 is 0.826 bits per heavy atom. The number of anilines is 2. The first-order chi connectivity index (χ1) is 22.3. The van der Waals surface area contributed by atoms with Crippen LogP contribution in [0.25, 0.3) is 0 Å². The molecule has 0 aliphatic heterocycles. The van der Waals surface area contributed by atoms with Crippen LogP contribution in [0.3, 0.4) is 0 Å². The predicted octanol–water partition coefficient (Wildman–Crippen LogP) is 6.57. The first-order valence-corrected chi connectivity index (χ1v) is 14.8. The number of rotatable bonds is 10. The number of carbonyl (C=O) groups excluding carboxylic acids is 4. The maximum Gasteiger partial charge on any atom is 0.274 e. The molecule has 4 N–H and O–H groups in total. The lowest BCUT2D eigenvalue weighted by Gasteiger charge is -2.17. The fraction of sp³-hybridized carbons (Fsp3) is 0.108. The number of aromatic nitrogens is 1. The number of carbonyl (C=O) groups is 4. The van der Waals surface area contributed by atoms with Crippen LogP contribution in [0.1, 0.15) is 78.8 Å². The zero-order valence-corrected chi connectivity index (χ0v) is 25.4. The van der Waals surface area contributed by atoms with Crippen LogP contribution in [0.15, 0.2) is 127 Å². The Bertz CT molecular complexity index is 1730. The number of nitrogens with one attached hydrogen (secondary N) is 4. The van der Waals surface area contributed by atoms with Gasteiger partial charge < -0.3 is 21.3 Å². The van der Waals surface area contributed by atoms with Gasteiger partial charge in [-0.3, -0.25) is 19.2 Å². The first kappa shape index (κ1) is 31.3. The van der Waals surface area contributed by atoms with Crippen molar-refractivity contribution in [1.82, 2.24) is 15.6 Å². The molecule has 4 aromatic carbocycles. The second kappa shape index (κ2) is 14.6. The summed E-state index contributed by atoms with van der Waals surface area (Å²) in [5, 5.41) is 11.4. The van der Waals surface area contributed by atoms with Crippen molar-refractivity contribution in [3.05, 3.63) is 161 Å². The summed E-state index contributed by atoms with van der Waals surface area (Å²) >= 11 is 0. The zero-order chi connectivity index (χ0) is 32.5. The molecule has 0 saturated heterocycles. The molecule has 0 aliphatic rings. The molecule has 9 nitrogen and oxygen atoms in total. The van der Waals surface area contributed by atoms with Gasteiger partial charge in [0, 0.05) is 0 Å². The van der Waals surface area contributed by atoms with Gasteiger partial charge in [-0.15, -0.1) is 0 Å². The Labute approximate surface area is 267 Å². The molecule has 1 heterocycles. The molecule has 5 rings (SSSR count). The highest BCUT2D eigenvalue weighted by Crippen LogP contribution is 2.21. The van der Waals surface area contributed by atoms with Gasteiger partial charge in [0.05, 0.1) is 34.6 Å². The van der Waals surface area contributed by atoms with Crippen molar-refractivity contribution in [2.75, 3.05) is 10.6 Å². The molecule has 0 fully saturated rings. The smallest absolute Gasteiger partial charge is 0.274 e. The predicted molar refractivity (Wildman–Crippen MR) is 178 cm³/mol. The van der Waals surface area contributed by atoms with E-state index in [1.54, 1.807) is 48.5 Å². The highest BCUT2D eigenvalue weighted by molar-refractivity contribution is 6.10. The lowest BCUT2D eigenvalue weighted by molar-refractivity contribution is 0.0931. The number of hydrogen-bond donors (Lipinski definition) is 4. The molecule has 9 heteroatoms. The normalized spacial score (nSPS) is 11.9.